The molecule has 0 aromatic heterocycles. The minimum atomic E-state index is -0.0453. The molecule has 2 saturated carbocycles. The summed E-state index contributed by atoms with van der Waals surface area (Å²) in [6.45, 7) is 6.56. The number of rotatable bonds is 2. The van der Waals surface area contributed by atoms with Gasteiger partial charge in [0.2, 0.25) is 0 Å². The van der Waals surface area contributed by atoms with Gasteiger partial charge < -0.3 is 0 Å². The smallest absolute Gasteiger partial charge is 0.142 e. The molecule has 3 fully saturated rings. The molecule has 1 aliphatic heterocycles. The molecular weight excluding hydrogens is 222 g/mol. The Hall–Kier alpha value is -0.370. The minimum absolute atomic E-state index is 0.0453. The van der Waals surface area contributed by atoms with E-state index in [0.29, 0.717) is 11.7 Å². The molecular formula is C16H27NO. The molecule has 0 aromatic rings. The fourth-order valence-corrected chi connectivity index (χ4v) is 4.53. The van der Waals surface area contributed by atoms with Crippen molar-refractivity contribution in [2.24, 2.45) is 17.3 Å². The lowest BCUT2D eigenvalue weighted by atomic mass is 9.85. The Morgan fingerprint density at radius 1 is 1.17 bits per heavy atom. The van der Waals surface area contributed by atoms with Crippen molar-refractivity contribution < 1.29 is 4.79 Å². The van der Waals surface area contributed by atoms with E-state index in [9.17, 15) is 4.79 Å². The van der Waals surface area contributed by atoms with Crippen molar-refractivity contribution >= 4 is 5.78 Å². The van der Waals surface area contributed by atoms with E-state index in [4.69, 9.17) is 0 Å². The van der Waals surface area contributed by atoms with Crippen LogP contribution < -0.4 is 0 Å². The lowest BCUT2D eigenvalue weighted by molar-refractivity contribution is -0.128. The molecule has 1 heterocycles. The quantitative estimate of drug-likeness (QED) is 0.748. The molecule has 0 bridgehead atoms. The average molecular weight is 249 g/mol. The van der Waals surface area contributed by atoms with Gasteiger partial charge in [-0.3, -0.25) is 9.69 Å². The molecule has 3 rings (SSSR count). The molecule has 18 heavy (non-hydrogen) atoms. The highest BCUT2D eigenvalue weighted by molar-refractivity contribution is 5.88. The van der Waals surface area contributed by atoms with Gasteiger partial charge in [0.05, 0.1) is 0 Å². The first-order valence-electron chi connectivity index (χ1n) is 7.86. The van der Waals surface area contributed by atoms with Crippen LogP contribution in [0.1, 0.15) is 58.8 Å². The zero-order chi connectivity index (χ0) is 12.8. The first-order valence-corrected chi connectivity index (χ1v) is 7.86. The van der Waals surface area contributed by atoms with Gasteiger partial charge in [-0.1, -0.05) is 26.7 Å². The zero-order valence-electron chi connectivity index (χ0n) is 12.0. The maximum absolute atomic E-state index is 12.3. The summed E-state index contributed by atoms with van der Waals surface area (Å²) in [5, 5.41) is 0. The topological polar surface area (TPSA) is 20.3 Å². The van der Waals surface area contributed by atoms with Crippen molar-refractivity contribution in [3.63, 3.8) is 0 Å². The van der Waals surface area contributed by atoms with E-state index < -0.39 is 0 Å². The van der Waals surface area contributed by atoms with E-state index >= 15 is 0 Å². The zero-order valence-corrected chi connectivity index (χ0v) is 12.0. The summed E-state index contributed by atoms with van der Waals surface area (Å²) in [6, 6.07) is 0.815. The van der Waals surface area contributed by atoms with Crippen molar-refractivity contribution in [2.45, 2.75) is 64.8 Å². The number of Topliss-reactive ketones (excluding diaryl/α,β-unsaturated/α-hetero) is 1. The van der Waals surface area contributed by atoms with Gasteiger partial charge in [0.1, 0.15) is 5.78 Å². The second-order valence-corrected chi connectivity index (χ2v) is 7.38. The van der Waals surface area contributed by atoms with Crippen LogP contribution in [0.4, 0.5) is 0 Å². The Morgan fingerprint density at radius 2 is 1.94 bits per heavy atom. The van der Waals surface area contributed by atoms with Crippen LogP contribution in [0.2, 0.25) is 0 Å². The predicted molar refractivity (Wildman–Crippen MR) is 73.4 cm³/mol. The number of nitrogens with zero attached hydrogens (tertiary/aromatic N) is 1. The molecule has 0 radical (unpaired) electrons. The molecule has 3 atom stereocenters. The molecule has 3 unspecified atom stereocenters. The van der Waals surface area contributed by atoms with Crippen LogP contribution in [0.3, 0.4) is 0 Å². The minimum Gasteiger partial charge on any atom is -0.299 e. The van der Waals surface area contributed by atoms with Crippen LogP contribution in [0.5, 0.6) is 0 Å². The fourth-order valence-electron chi connectivity index (χ4n) is 4.53. The summed E-state index contributed by atoms with van der Waals surface area (Å²) in [4.78, 5) is 15.0. The van der Waals surface area contributed by atoms with Crippen LogP contribution in [0.15, 0.2) is 0 Å². The van der Waals surface area contributed by atoms with E-state index in [0.717, 1.165) is 31.3 Å². The second-order valence-electron chi connectivity index (χ2n) is 7.38. The molecule has 0 amide bonds. The van der Waals surface area contributed by atoms with Gasteiger partial charge >= 0.3 is 0 Å². The van der Waals surface area contributed by atoms with Crippen molar-refractivity contribution in [1.29, 1.82) is 0 Å². The molecule has 0 N–H and O–H groups in total. The van der Waals surface area contributed by atoms with Crippen molar-refractivity contribution in [1.82, 2.24) is 4.90 Å². The lowest BCUT2D eigenvalue weighted by Crippen LogP contribution is -2.39. The first kappa shape index (κ1) is 12.7. The number of carbonyl (C=O) groups excluding carboxylic acids is 1. The SMILES string of the molecule is CC1(C)CCC(CN2CCC3CCCCC32)C1=O. The first-order chi connectivity index (χ1) is 8.58. The van der Waals surface area contributed by atoms with Gasteiger partial charge in [-0.2, -0.15) is 0 Å². The highest BCUT2D eigenvalue weighted by Gasteiger charge is 2.43. The molecule has 2 nitrogen and oxygen atoms in total. The largest absolute Gasteiger partial charge is 0.299 e. The third-order valence-electron chi connectivity index (χ3n) is 5.74. The fraction of sp³-hybridized carbons (Fsp3) is 0.938. The Labute approximate surface area is 111 Å². The summed E-state index contributed by atoms with van der Waals surface area (Å²) < 4.78 is 0. The van der Waals surface area contributed by atoms with Crippen LogP contribution in [-0.2, 0) is 4.79 Å². The number of hydrogen-bond donors (Lipinski definition) is 0. The molecule has 2 heteroatoms. The Kier molecular flexibility index (Phi) is 3.25. The van der Waals surface area contributed by atoms with Crippen molar-refractivity contribution in [2.75, 3.05) is 13.1 Å². The van der Waals surface area contributed by atoms with E-state index in [1.54, 1.807) is 0 Å². The molecule has 1 saturated heterocycles. The second kappa shape index (κ2) is 4.63. The van der Waals surface area contributed by atoms with E-state index in [-0.39, 0.29) is 5.41 Å². The number of fused-ring (bicyclic) bond motifs is 1. The van der Waals surface area contributed by atoms with Gasteiger partial charge in [0.15, 0.2) is 0 Å². The van der Waals surface area contributed by atoms with E-state index in [1.807, 2.05) is 0 Å². The maximum Gasteiger partial charge on any atom is 0.142 e. The molecule has 102 valence electrons. The summed E-state index contributed by atoms with van der Waals surface area (Å²) in [5.41, 5.74) is -0.0453. The maximum atomic E-state index is 12.3. The molecule has 0 spiro atoms. The molecule has 2 aliphatic carbocycles. The van der Waals surface area contributed by atoms with E-state index in [2.05, 4.69) is 18.7 Å². The number of likely N-dealkylation sites (tertiary alicyclic amines) is 1. The molecule has 3 aliphatic rings. The van der Waals surface area contributed by atoms with Gasteiger partial charge in [0, 0.05) is 23.9 Å². The number of ketones is 1. The van der Waals surface area contributed by atoms with Crippen molar-refractivity contribution in [3.8, 4) is 0 Å². The third-order valence-corrected chi connectivity index (χ3v) is 5.74. The van der Waals surface area contributed by atoms with Gasteiger partial charge in [-0.05, 0) is 44.6 Å². The van der Waals surface area contributed by atoms with Crippen LogP contribution >= 0.6 is 0 Å². The summed E-state index contributed by atoms with van der Waals surface area (Å²) >= 11 is 0. The Bertz CT molecular complexity index is 336. The van der Waals surface area contributed by atoms with Crippen molar-refractivity contribution in [3.05, 3.63) is 0 Å². The third kappa shape index (κ3) is 2.13. The summed E-state index contributed by atoms with van der Waals surface area (Å²) in [6.07, 6.45) is 9.26. The van der Waals surface area contributed by atoms with E-state index in [1.165, 1.54) is 38.6 Å². The molecule has 0 aromatic carbocycles. The normalized spacial score (nSPS) is 40.1. The Morgan fingerprint density at radius 3 is 2.67 bits per heavy atom. The van der Waals surface area contributed by atoms with Crippen LogP contribution in [0, 0.1) is 17.3 Å². The van der Waals surface area contributed by atoms with Gasteiger partial charge in [-0.15, -0.1) is 0 Å². The number of hydrogen-bond acceptors (Lipinski definition) is 2. The highest BCUT2D eigenvalue weighted by Crippen LogP contribution is 2.41. The Balaban J connectivity index is 1.62. The van der Waals surface area contributed by atoms with Crippen LogP contribution in [0.25, 0.3) is 0 Å². The standard InChI is InChI=1S/C16H27NO/c1-16(2)9-7-13(15(16)18)11-17-10-8-12-5-3-4-6-14(12)17/h12-14H,3-11H2,1-2H3. The number of carbonyl (C=O) groups is 1. The van der Waals surface area contributed by atoms with Crippen LogP contribution in [-0.4, -0.2) is 29.8 Å². The predicted octanol–water partition coefficient (Wildman–Crippen LogP) is 3.26. The van der Waals surface area contributed by atoms with Gasteiger partial charge in [0.25, 0.3) is 0 Å². The van der Waals surface area contributed by atoms with Gasteiger partial charge in [-0.25, -0.2) is 0 Å². The summed E-state index contributed by atoms with van der Waals surface area (Å²) in [5.74, 6) is 1.81. The average Bonchev–Trinajstić information content (AvgIpc) is 2.87. The summed E-state index contributed by atoms with van der Waals surface area (Å²) in [7, 11) is 0. The highest BCUT2D eigenvalue weighted by atomic mass is 16.1. The monoisotopic (exact) mass is 249 g/mol. The lowest BCUT2D eigenvalue weighted by Gasteiger charge is -2.33.